The molecule has 0 bridgehead atoms. The molecule has 0 saturated carbocycles. The van der Waals surface area contributed by atoms with Gasteiger partial charge in [0.25, 0.3) is 0 Å². The largest absolute Gasteiger partial charge is 0.383 e. The fourth-order valence-electron chi connectivity index (χ4n) is 4.77. The highest BCUT2D eigenvalue weighted by Crippen LogP contribution is 2.32. The lowest BCUT2D eigenvalue weighted by Gasteiger charge is -2.12. The van der Waals surface area contributed by atoms with E-state index in [0.717, 1.165) is 46.9 Å². The van der Waals surface area contributed by atoms with Crippen molar-refractivity contribution in [3.05, 3.63) is 112 Å². The van der Waals surface area contributed by atoms with Crippen molar-refractivity contribution >= 4 is 22.9 Å². The van der Waals surface area contributed by atoms with Gasteiger partial charge in [-0.3, -0.25) is 14.2 Å². The summed E-state index contributed by atoms with van der Waals surface area (Å²) in [5, 5.41) is 4.32. The first-order chi connectivity index (χ1) is 19.5. The second-order valence-electron chi connectivity index (χ2n) is 9.28. The minimum Gasteiger partial charge on any atom is -0.383 e. The second-order valence-corrected chi connectivity index (χ2v) is 9.28. The third-order valence-electron chi connectivity index (χ3n) is 6.72. The molecule has 198 valence electrons. The number of rotatable bonds is 4. The predicted molar refractivity (Wildman–Crippen MR) is 151 cm³/mol. The Labute approximate surface area is 228 Å². The molecule has 11 heteroatoms. The normalized spacial score (nSPS) is 12.1. The summed E-state index contributed by atoms with van der Waals surface area (Å²) in [5.41, 5.74) is 17.4. The summed E-state index contributed by atoms with van der Waals surface area (Å²) in [6.07, 6.45) is 10.0. The Morgan fingerprint density at radius 1 is 0.950 bits per heavy atom. The summed E-state index contributed by atoms with van der Waals surface area (Å²) in [6, 6.07) is 18.8. The Bertz CT molecular complexity index is 1880. The van der Waals surface area contributed by atoms with Gasteiger partial charge in [0.15, 0.2) is 17.3 Å². The summed E-state index contributed by atoms with van der Waals surface area (Å²) < 4.78 is 3.83. The SMILES string of the molecule is NC(=O)c1ccc(=O)[nH]c1.Nc1ncccc1-c1nc2ccc(-n3cccn3)nc2n1-c1ccc2c(c1)CCC2. The van der Waals surface area contributed by atoms with E-state index in [9.17, 15) is 9.59 Å². The van der Waals surface area contributed by atoms with Gasteiger partial charge in [0.05, 0.1) is 11.1 Å². The number of pyridine rings is 3. The highest BCUT2D eigenvalue weighted by Gasteiger charge is 2.20. The molecule has 0 atom stereocenters. The minimum atomic E-state index is -0.545. The molecule has 5 heterocycles. The van der Waals surface area contributed by atoms with Crippen LogP contribution in [-0.4, -0.2) is 40.2 Å². The van der Waals surface area contributed by atoms with E-state index < -0.39 is 5.91 Å². The Balaban J connectivity index is 0.000000246. The number of nitrogens with one attached hydrogen (secondary N) is 1. The number of carbonyl (C=O) groups is 1. The van der Waals surface area contributed by atoms with Crippen molar-refractivity contribution in [3.8, 4) is 22.9 Å². The predicted octanol–water partition coefficient (Wildman–Crippen LogP) is 3.21. The molecule has 1 aliphatic carbocycles. The van der Waals surface area contributed by atoms with Gasteiger partial charge in [-0.15, -0.1) is 0 Å². The fourth-order valence-corrected chi connectivity index (χ4v) is 4.77. The molecule has 11 nitrogen and oxygen atoms in total. The number of amides is 1. The van der Waals surface area contributed by atoms with Gasteiger partial charge >= 0.3 is 0 Å². The first-order valence-electron chi connectivity index (χ1n) is 12.7. The molecule has 0 aliphatic heterocycles. The number of aromatic amines is 1. The highest BCUT2D eigenvalue weighted by molar-refractivity contribution is 5.92. The quantitative estimate of drug-likeness (QED) is 0.314. The number of primary amides is 1. The van der Waals surface area contributed by atoms with Gasteiger partial charge in [0, 0.05) is 36.5 Å². The first-order valence-corrected chi connectivity index (χ1v) is 12.7. The van der Waals surface area contributed by atoms with Crippen molar-refractivity contribution in [1.82, 2.24) is 34.3 Å². The Kier molecular flexibility index (Phi) is 6.37. The number of hydrogen-bond donors (Lipinski definition) is 3. The average molecular weight is 532 g/mol. The van der Waals surface area contributed by atoms with Crippen molar-refractivity contribution in [3.63, 3.8) is 0 Å². The van der Waals surface area contributed by atoms with E-state index in [-0.39, 0.29) is 5.56 Å². The maximum Gasteiger partial charge on any atom is 0.250 e. The molecule has 5 aromatic heterocycles. The third kappa shape index (κ3) is 4.71. The molecule has 0 unspecified atom stereocenters. The smallest absolute Gasteiger partial charge is 0.250 e. The minimum absolute atomic E-state index is 0.245. The van der Waals surface area contributed by atoms with Crippen LogP contribution in [0.3, 0.4) is 0 Å². The van der Waals surface area contributed by atoms with Crippen LogP contribution in [0.25, 0.3) is 34.1 Å². The summed E-state index contributed by atoms with van der Waals surface area (Å²) in [6.45, 7) is 0. The van der Waals surface area contributed by atoms with E-state index in [1.165, 1.54) is 35.9 Å². The number of H-pyrrole nitrogens is 1. The molecule has 1 aliphatic rings. The summed E-state index contributed by atoms with van der Waals surface area (Å²) in [5.74, 6) is 1.37. The Hall–Kier alpha value is -5.58. The second kappa shape index (κ2) is 10.3. The molecule has 0 spiro atoms. The molecule has 6 aromatic rings. The fraction of sp³-hybridized carbons (Fsp3) is 0.103. The van der Waals surface area contributed by atoms with Crippen molar-refractivity contribution in [2.24, 2.45) is 5.73 Å². The monoisotopic (exact) mass is 531 g/mol. The molecule has 0 radical (unpaired) electrons. The number of nitrogens with two attached hydrogens (primary N) is 2. The lowest BCUT2D eigenvalue weighted by atomic mass is 10.1. The molecular formula is C29H25N9O2. The van der Waals surface area contributed by atoms with Gasteiger partial charge in [-0.2, -0.15) is 5.10 Å². The van der Waals surface area contributed by atoms with E-state index in [2.05, 4.69) is 37.8 Å². The molecule has 40 heavy (non-hydrogen) atoms. The Morgan fingerprint density at radius 3 is 2.58 bits per heavy atom. The van der Waals surface area contributed by atoms with Crippen molar-refractivity contribution in [2.75, 3.05) is 5.73 Å². The molecular weight excluding hydrogens is 506 g/mol. The van der Waals surface area contributed by atoms with Gasteiger partial charge in [-0.05, 0) is 78.9 Å². The average Bonchev–Trinajstić information content (AvgIpc) is 3.73. The van der Waals surface area contributed by atoms with E-state index in [0.29, 0.717) is 11.4 Å². The molecule has 1 amide bonds. The van der Waals surface area contributed by atoms with Crippen LogP contribution >= 0.6 is 0 Å². The van der Waals surface area contributed by atoms with Gasteiger partial charge < -0.3 is 16.5 Å². The van der Waals surface area contributed by atoms with Crippen LogP contribution in [0.4, 0.5) is 5.82 Å². The highest BCUT2D eigenvalue weighted by atomic mass is 16.1. The van der Waals surface area contributed by atoms with E-state index in [1.807, 2.05) is 36.5 Å². The zero-order valence-corrected chi connectivity index (χ0v) is 21.4. The first kappa shape index (κ1) is 24.7. The maximum absolute atomic E-state index is 10.4. The van der Waals surface area contributed by atoms with E-state index in [4.69, 9.17) is 21.4 Å². The van der Waals surface area contributed by atoms with Crippen molar-refractivity contribution < 1.29 is 4.79 Å². The van der Waals surface area contributed by atoms with Crippen LogP contribution < -0.4 is 17.0 Å². The van der Waals surface area contributed by atoms with E-state index >= 15 is 0 Å². The number of fused-ring (bicyclic) bond motifs is 2. The standard InChI is InChI=1S/C23H19N7.C6H6N2O2/c24-21-18(6-2-11-25-21)22-27-19-9-10-20(29-13-3-12-26-29)28-23(19)30(22)17-8-7-15-4-1-5-16(15)14-17;7-6(10)4-1-2-5(9)8-3-4/h2-3,6-14H,1,4-5H2,(H2,24,25);1-3H,(H2,7,10)(H,8,9). The zero-order valence-electron chi connectivity index (χ0n) is 21.4. The number of hydrogen-bond acceptors (Lipinski definition) is 7. The number of benzene rings is 1. The number of anilines is 1. The van der Waals surface area contributed by atoms with Crippen LogP contribution in [0.1, 0.15) is 27.9 Å². The number of imidazole rings is 1. The number of aromatic nitrogens is 7. The van der Waals surface area contributed by atoms with Crippen molar-refractivity contribution in [1.29, 1.82) is 0 Å². The van der Waals surface area contributed by atoms with E-state index in [1.54, 1.807) is 17.1 Å². The van der Waals surface area contributed by atoms with Gasteiger partial charge in [-0.25, -0.2) is 19.6 Å². The van der Waals surface area contributed by atoms with Crippen molar-refractivity contribution in [2.45, 2.75) is 19.3 Å². The lowest BCUT2D eigenvalue weighted by Crippen LogP contribution is -2.13. The summed E-state index contributed by atoms with van der Waals surface area (Å²) in [4.78, 5) is 37.2. The van der Waals surface area contributed by atoms with Crippen LogP contribution in [0.5, 0.6) is 0 Å². The lowest BCUT2D eigenvalue weighted by molar-refractivity contribution is 0.1000. The number of nitrogen functional groups attached to an aromatic ring is 1. The van der Waals surface area contributed by atoms with Crippen LogP contribution in [0, 0.1) is 0 Å². The summed E-state index contributed by atoms with van der Waals surface area (Å²) >= 11 is 0. The van der Waals surface area contributed by atoms with Crippen LogP contribution in [0.2, 0.25) is 0 Å². The van der Waals surface area contributed by atoms with Gasteiger partial charge in [-0.1, -0.05) is 6.07 Å². The Morgan fingerprint density at radius 2 is 1.82 bits per heavy atom. The summed E-state index contributed by atoms with van der Waals surface area (Å²) in [7, 11) is 0. The number of nitrogens with zero attached hydrogens (tertiary/aromatic N) is 6. The molecule has 7 rings (SSSR count). The number of aryl methyl sites for hydroxylation is 2. The molecule has 0 saturated heterocycles. The third-order valence-corrected chi connectivity index (χ3v) is 6.72. The zero-order chi connectivity index (χ0) is 27.6. The topological polar surface area (TPSA) is 163 Å². The molecule has 1 aromatic carbocycles. The maximum atomic E-state index is 10.4. The van der Waals surface area contributed by atoms with Crippen LogP contribution in [-0.2, 0) is 12.8 Å². The van der Waals surface area contributed by atoms with Crippen LogP contribution in [0.15, 0.2) is 90.2 Å². The molecule has 5 N–H and O–H groups in total. The van der Waals surface area contributed by atoms with Gasteiger partial charge in [0.1, 0.15) is 11.3 Å². The number of carbonyl (C=O) groups excluding carboxylic acids is 1. The molecule has 0 fully saturated rings. The van der Waals surface area contributed by atoms with Gasteiger partial charge in [0.2, 0.25) is 11.5 Å².